The van der Waals surface area contributed by atoms with Crippen LogP contribution in [0.15, 0.2) is 18.7 Å². The third-order valence-electron chi connectivity index (χ3n) is 2.75. The van der Waals surface area contributed by atoms with E-state index in [1.165, 1.54) is 5.69 Å². The highest BCUT2D eigenvalue weighted by atomic mass is 15.3. The predicted molar refractivity (Wildman–Crippen MR) is 55.7 cm³/mol. The van der Waals surface area contributed by atoms with E-state index in [1.54, 1.807) is 0 Å². The smallest absolute Gasteiger partial charge is 0.0999 e. The molecule has 2 aromatic heterocycles. The Labute approximate surface area is 87.7 Å². The van der Waals surface area contributed by atoms with Crippen molar-refractivity contribution >= 4 is 0 Å². The summed E-state index contributed by atoms with van der Waals surface area (Å²) in [4.78, 5) is 4.41. The van der Waals surface area contributed by atoms with Crippen molar-refractivity contribution in [2.24, 2.45) is 7.05 Å². The third-order valence-corrected chi connectivity index (χ3v) is 2.75. The number of rotatable bonds is 1. The van der Waals surface area contributed by atoms with Gasteiger partial charge in [0.2, 0.25) is 0 Å². The molecule has 0 amide bonds. The normalized spacial score (nSPS) is 15.3. The van der Waals surface area contributed by atoms with Crippen LogP contribution < -0.4 is 5.32 Å². The second-order valence-corrected chi connectivity index (χ2v) is 3.81. The fourth-order valence-electron chi connectivity index (χ4n) is 1.99. The molecule has 0 spiro atoms. The van der Waals surface area contributed by atoms with E-state index in [4.69, 9.17) is 0 Å². The van der Waals surface area contributed by atoms with Gasteiger partial charge >= 0.3 is 0 Å². The highest BCUT2D eigenvalue weighted by Gasteiger charge is 2.15. The summed E-state index contributed by atoms with van der Waals surface area (Å²) in [6.07, 6.45) is 6.78. The molecule has 0 atom stereocenters. The summed E-state index contributed by atoms with van der Waals surface area (Å²) >= 11 is 0. The second kappa shape index (κ2) is 3.20. The molecule has 0 saturated heterocycles. The van der Waals surface area contributed by atoms with Gasteiger partial charge in [-0.05, 0) is 0 Å². The first-order valence-electron chi connectivity index (χ1n) is 5.09. The van der Waals surface area contributed by atoms with Gasteiger partial charge in [0.15, 0.2) is 0 Å². The zero-order valence-corrected chi connectivity index (χ0v) is 8.64. The minimum Gasteiger partial charge on any atom is -0.311 e. The van der Waals surface area contributed by atoms with Gasteiger partial charge in [0.25, 0.3) is 0 Å². The Morgan fingerprint density at radius 2 is 2.40 bits per heavy atom. The molecular formula is C10H13N5. The lowest BCUT2D eigenvalue weighted by Crippen LogP contribution is -2.24. The molecule has 0 bridgehead atoms. The van der Waals surface area contributed by atoms with Crippen LogP contribution >= 0.6 is 0 Å². The SMILES string of the molecule is Cn1cc(-n2cnc3c2CCNC3)cn1. The summed E-state index contributed by atoms with van der Waals surface area (Å²) in [7, 11) is 1.93. The van der Waals surface area contributed by atoms with Crippen LogP contribution in [0, 0.1) is 0 Å². The molecular weight excluding hydrogens is 190 g/mol. The minimum absolute atomic E-state index is 0.878. The van der Waals surface area contributed by atoms with Gasteiger partial charge in [-0.15, -0.1) is 0 Å². The van der Waals surface area contributed by atoms with E-state index in [9.17, 15) is 0 Å². The van der Waals surface area contributed by atoms with Gasteiger partial charge in [-0.1, -0.05) is 0 Å². The lowest BCUT2D eigenvalue weighted by atomic mass is 10.2. The van der Waals surface area contributed by atoms with Crippen LogP contribution in [0.4, 0.5) is 0 Å². The van der Waals surface area contributed by atoms with Crippen molar-refractivity contribution in [3.63, 3.8) is 0 Å². The first kappa shape index (κ1) is 8.67. The van der Waals surface area contributed by atoms with Crippen molar-refractivity contribution in [1.29, 1.82) is 0 Å². The maximum Gasteiger partial charge on any atom is 0.0999 e. The first-order valence-corrected chi connectivity index (χ1v) is 5.09. The van der Waals surface area contributed by atoms with Crippen LogP contribution in [-0.4, -0.2) is 25.9 Å². The van der Waals surface area contributed by atoms with E-state index in [0.29, 0.717) is 0 Å². The van der Waals surface area contributed by atoms with E-state index in [2.05, 4.69) is 20.0 Å². The molecule has 1 aliphatic heterocycles. The Hall–Kier alpha value is -1.62. The average molecular weight is 203 g/mol. The fourth-order valence-corrected chi connectivity index (χ4v) is 1.99. The zero-order valence-electron chi connectivity index (χ0n) is 8.64. The van der Waals surface area contributed by atoms with E-state index in [-0.39, 0.29) is 0 Å². The molecule has 0 radical (unpaired) electrons. The maximum absolute atomic E-state index is 4.41. The van der Waals surface area contributed by atoms with Crippen LogP contribution in [0.25, 0.3) is 5.69 Å². The molecule has 2 aromatic rings. The summed E-state index contributed by atoms with van der Waals surface area (Å²) in [5, 5.41) is 7.49. The molecule has 5 nitrogen and oxygen atoms in total. The van der Waals surface area contributed by atoms with Crippen LogP contribution in [0.1, 0.15) is 11.4 Å². The van der Waals surface area contributed by atoms with Crippen LogP contribution in [0.5, 0.6) is 0 Å². The lowest BCUT2D eigenvalue weighted by molar-refractivity contribution is 0.620. The third kappa shape index (κ3) is 1.35. The number of nitrogens with one attached hydrogen (secondary N) is 1. The van der Waals surface area contributed by atoms with E-state index >= 15 is 0 Å². The molecule has 15 heavy (non-hydrogen) atoms. The van der Waals surface area contributed by atoms with E-state index in [1.807, 2.05) is 30.5 Å². The topological polar surface area (TPSA) is 47.7 Å². The van der Waals surface area contributed by atoms with Gasteiger partial charge in [-0.3, -0.25) is 9.25 Å². The maximum atomic E-state index is 4.41. The largest absolute Gasteiger partial charge is 0.311 e. The van der Waals surface area contributed by atoms with Crippen molar-refractivity contribution in [3.05, 3.63) is 30.1 Å². The fraction of sp³-hybridized carbons (Fsp3) is 0.400. The summed E-state index contributed by atoms with van der Waals surface area (Å²) in [6, 6.07) is 0. The molecule has 1 aliphatic rings. The zero-order chi connectivity index (χ0) is 10.3. The molecule has 78 valence electrons. The van der Waals surface area contributed by atoms with Gasteiger partial charge in [0.1, 0.15) is 0 Å². The van der Waals surface area contributed by atoms with Crippen LogP contribution in [-0.2, 0) is 20.0 Å². The quantitative estimate of drug-likeness (QED) is 0.722. The average Bonchev–Trinajstić information content (AvgIpc) is 2.83. The van der Waals surface area contributed by atoms with Crippen LogP contribution in [0.3, 0.4) is 0 Å². The molecule has 0 aromatic carbocycles. The Bertz CT molecular complexity index is 482. The number of aromatic nitrogens is 4. The van der Waals surface area contributed by atoms with Crippen molar-refractivity contribution < 1.29 is 0 Å². The van der Waals surface area contributed by atoms with Gasteiger partial charge in [-0.25, -0.2) is 4.98 Å². The predicted octanol–water partition coefficient (Wildman–Crippen LogP) is 0.251. The molecule has 0 aliphatic carbocycles. The summed E-state index contributed by atoms with van der Waals surface area (Å²) in [5.41, 5.74) is 3.56. The number of imidazole rings is 1. The molecule has 3 heterocycles. The highest BCUT2D eigenvalue weighted by molar-refractivity contribution is 5.32. The Kier molecular flexibility index (Phi) is 1.85. The number of nitrogens with zero attached hydrogens (tertiary/aromatic N) is 4. The van der Waals surface area contributed by atoms with E-state index in [0.717, 1.165) is 30.9 Å². The minimum atomic E-state index is 0.878. The molecule has 0 saturated carbocycles. The summed E-state index contributed by atoms with van der Waals surface area (Å²) in [5.74, 6) is 0. The Morgan fingerprint density at radius 3 is 3.20 bits per heavy atom. The number of aryl methyl sites for hydroxylation is 1. The number of hydrogen-bond acceptors (Lipinski definition) is 3. The molecule has 3 rings (SSSR count). The lowest BCUT2D eigenvalue weighted by Gasteiger charge is -2.13. The first-order chi connectivity index (χ1) is 7.34. The molecule has 1 N–H and O–H groups in total. The van der Waals surface area contributed by atoms with Crippen LogP contribution in [0.2, 0.25) is 0 Å². The van der Waals surface area contributed by atoms with Crippen molar-refractivity contribution in [2.45, 2.75) is 13.0 Å². The van der Waals surface area contributed by atoms with Crippen molar-refractivity contribution in [2.75, 3.05) is 6.54 Å². The van der Waals surface area contributed by atoms with E-state index < -0.39 is 0 Å². The Balaban J connectivity index is 2.08. The number of fused-ring (bicyclic) bond motifs is 1. The number of hydrogen-bond donors (Lipinski definition) is 1. The van der Waals surface area contributed by atoms with Crippen molar-refractivity contribution in [1.82, 2.24) is 24.6 Å². The summed E-state index contributed by atoms with van der Waals surface area (Å²) < 4.78 is 3.94. The molecule has 0 fully saturated rings. The second-order valence-electron chi connectivity index (χ2n) is 3.81. The van der Waals surface area contributed by atoms with Gasteiger partial charge in [0, 0.05) is 38.4 Å². The monoisotopic (exact) mass is 203 g/mol. The summed E-state index contributed by atoms with van der Waals surface area (Å²) in [6.45, 7) is 1.90. The standard InChI is InChI=1S/C10H13N5/c1-14-6-8(4-13-14)15-7-12-9-5-11-3-2-10(9)15/h4,6-7,11H,2-3,5H2,1H3. The van der Waals surface area contributed by atoms with Gasteiger partial charge < -0.3 is 5.32 Å². The van der Waals surface area contributed by atoms with Gasteiger partial charge in [0.05, 0.1) is 23.9 Å². The van der Waals surface area contributed by atoms with Gasteiger partial charge in [-0.2, -0.15) is 5.10 Å². The molecule has 0 unspecified atom stereocenters. The highest BCUT2D eigenvalue weighted by Crippen LogP contribution is 2.16. The Morgan fingerprint density at radius 1 is 1.47 bits per heavy atom. The molecule has 5 heteroatoms. The van der Waals surface area contributed by atoms with Crippen molar-refractivity contribution in [3.8, 4) is 5.69 Å².